The van der Waals surface area contributed by atoms with Crippen molar-refractivity contribution in [3.05, 3.63) is 96.1 Å². The van der Waals surface area contributed by atoms with Crippen LogP contribution in [0.5, 0.6) is 0 Å². The van der Waals surface area contributed by atoms with Gasteiger partial charge in [-0.3, -0.25) is 9.59 Å². The number of aliphatic hydroxyl groups is 2. The lowest BCUT2D eigenvalue weighted by Gasteiger charge is -2.27. The SMILES string of the molecule is Cn1c2ccccc2c2cc(C(=O)N3CC4CC(O)CC3C4)ccc21.O=C(c1ccc2[nH]c3ccccc3c2c1)N1CC2CC(O)CC1C2. The van der Waals surface area contributed by atoms with E-state index < -0.39 is 0 Å². The van der Waals surface area contributed by atoms with E-state index in [0.717, 1.165) is 95.5 Å². The molecule has 49 heavy (non-hydrogen) atoms. The van der Waals surface area contributed by atoms with Gasteiger partial charge in [0, 0.05) is 87.0 Å². The number of aromatic amines is 1. The number of carbonyl (C=O) groups is 2. The molecule has 250 valence electrons. The number of carbonyl (C=O) groups excluding carboxylic acids is 2. The molecule has 4 aliphatic rings. The van der Waals surface area contributed by atoms with Crippen LogP contribution >= 0.6 is 0 Å². The van der Waals surface area contributed by atoms with Crippen molar-refractivity contribution in [2.45, 2.75) is 62.8 Å². The third-order valence-electron chi connectivity index (χ3n) is 11.7. The van der Waals surface area contributed by atoms with Crippen LogP contribution in [0.2, 0.25) is 0 Å². The molecule has 2 aliphatic carbocycles. The quantitative estimate of drug-likeness (QED) is 0.195. The zero-order valence-electron chi connectivity index (χ0n) is 27.8. The van der Waals surface area contributed by atoms with Gasteiger partial charge < -0.3 is 29.6 Å². The number of nitrogens with one attached hydrogen (secondary N) is 1. The molecular weight excluding hydrogens is 612 g/mol. The molecule has 10 rings (SSSR count). The highest BCUT2D eigenvalue weighted by atomic mass is 16.3. The molecule has 2 amide bonds. The van der Waals surface area contributed by atoms with Gasteiger partial charge in [0.05, 0.1) is 12.2 Å². The number of nitrogens with zero attached hydrogens (tertiary/aromatic N) is 3. The molecule has 8 heteroatoms. The zero-order valence-corrected chi connectivity index (χ0v) is 27.8. The number of likely N-dealkylation sites (tertiary alicyclic amines) is 2. The van der Waals surface area contributed by atoms with E-state index in [2.05, 4.69) is 46.9 Å². The molecule has 4 aromatic carbocycles. The Morgan fingerprint density at radius 2 is 1.12 bits per heavy atom. The zero-order chi connectivity index (χ0) is 33.4. The van der Waals surface area contributed by atoms with Crippen molar-refractivity contribution in [2.24, 2.45) is 18.9 Å². The van der Waals surface area contributed by atoms with Gasteiger partial charge in [-0.25, -0.2) is 0 Å². The smallest absolute Gasteiger partial charge is 0.254 e. The van der Waals surface area contributed by atoms with Crippen molar-refractivity contribution in [2.75, 3.05) is 13.1 Å². The number of para-hydroxylation sites is 2. The molecule has 3 N–H and O–H groups in total. The molecule has 2 aliphatic heterocycles. The number of benzene rings is 4. The summed E-state index contributed by atoms with van der Waals surface area (Å²) in [5.74, 6) is 1.12. The minimum atomic E-state index is -0.248. The highest BCUT2D eigenvalue weighted by molar-refractivity contribution is 6.11. The Morgan fingerprint density at radius 1 is 0.592 bits per heavy atom. The van der Waals surface area contributed by atoms with Crippen molar-refractivity contribution < 1.29 is 19.8 Å². The molecular formula is C41H42N4O4. The summed E-state index contributed by atoms with van der Waals surface area (Å²) in [7, 11) is 2.07. The third-order valence-corrected chi connectivity index (χ3v) is 11.7. The fourth-order valence-corrected chi connectivity index (χ4v) is 9.52. The number of fused-ring (bicyclic) bond motifs is 10. The Bertz CT molecular complexity index is 2250. The highest BCUT2D eigenvalue weighted by Crippen LogP contribution is 2.38. The summed E-state index contributed by atoms with van der Waals surface area (Å²) in [6.07, 6.45) is 4.70. The minimum absolute atomic E-state index is 0.101. The van der Waals surface area contributed by atoms with Crippen LogP contribution in [-0.4, -0.2) is 78.8 Å². The van der Waals surface area contributed by atoms with Crippen LogP contribution in [0.1, 0.15) is 59.2 Å². The van der Waals surface area contributed by atoms with Crippen LogP contribution in [0.3, 0.4) is 0 Å². The molecule has 6 aromatic rings. The van der Waals surface area contributed by atoms with Crippen molar-refractivity contribution in [1.29, 1.82) is 0 Å². The summed E-state index contributed by atoms with van der Waals surface area (Å²) in [6, 6.07) is 28.9. The Balaban J connectivity index is 0.000000133. The molecule has 2 saturated heterocycles. The van der Waals surface area contributed by atoms with Gasteiger partial charge in [0.15, 0.2) is 0 Å². The Kier molecular flexibility index (Phi) is 7.29. The molecule has 2 aromatic heterocycles. The molecule has 4 bridgehead atoms. The summed E-state index contributed by atoms with van der Waals surface area (Å²) in [4.78, 5) is 33.5. The molecule has 4 fully saturated rings. The molecule has 6 unspecified atom stereocenters. The first-order valence-corrected chi connectivity index (χ1v) is 17.8. The van der Waals surface area contributed by atoms with Gasteiger partial charge in [0.2, 0.25) is 0 Å². The van der Waals surface area contributed by atoms with Crippen molar-refractivity contribution >= 4 is 55.4 Å². The highest BCUT2D eigenvalue weighted by Gasteiger charge is 2.42. The van der Waals surface area contributed by atoms with Gasteiger partial charge in [-0.1, -0.05) is 36.4 Å². The monoisotopic (exact) mass is 654 g/mol. The average Bonchev–Trinajstić information content (AvgIpc) is 3.82. The number of hydrogen-bond donors (Lipinski definition) is 3. The maximum Gasteiger partial charge on any atom is 0.254 e. The first-order chi connectivity index (χ1) is 23.8. The topological polar surface area (TPSA) is 102 Å². The fourth-order valence-electron chi connectivity index (χ4n) is 9.52. The third kappa shape index (κ3) is 5.20. The summed E-state index contributed by atoms with van der Waals surface area (Å²) >= 11 is 0. The standard InChI is InChI=1S/C21H22N2O2.C20H20N2O2/c1-22-19-5-3-2-4-17(19)18-10-14(6-7-20(18)22)21(25)23-12-13-8-15(23)11-16(24)9-13;23-15-8-12-7-14(10-15)22(11-12)20(24)13-5-6-19-17(9-13)16-3-1-2-4-18(16)21-19/h2-7,10,13,15-16,24H,8-9,11-12H2,1H3;1-6,9,12,14-15,21,23H,7-8,10-11H2. The lowest BCUT2D eigenvalue weighted by atomic mass is 9.88. The summed E-state index contributed by atoms with van der Waals surface area (Å²) in [5, 5.41) is 24.5. The first-order valence-electron chi connectivity index (χ1n) is 17.8. The number of aromatic nitrogens is 2. The second kappa shape index (κ2) is 11.7. The van der Waals surface area contributed by atoms with Crippen LogP contribution in [0.4, 0.5) is 0 Å². The number of amides is 2. The van der Waals surface area contributed by atoms with E-state index in [4.69, 9.17) is 0 Å². The van der Waals surface area contributed by atoms with Gasteiger partial charge in [0.1, 0.15) is 0 Å². The van der Waals surface area contributed by atoms with Crippen LogP contribution in [0.25, 0.3) is 43.6 Å². The maximum absolute atomic E-state index is 13.1. The Labute approximate surface area is 284 Å². The number of aryl methyl sites for hydroxylation is 1. The van der Waals surface area contributed by atoms with E-state index >= 15 is 0 Å². The predicted octanol–water partition coefficient (Wildman–Crippen LogP) is 6.62. The lowest BCUT2D eigenvalue weighted by molar-refractivity contribution is 0.0661. The number of rotatable bonds is 2. The summed E-state index contributed by atoms with van der Waals surface area (Å²) < 4.78 is 2.18. The van der Waals surface area contributed by atoms with E-state index in [9.17, 15) is 19.8 Å². The lowest BCUT2D eigenvalue weighted by Crippen LogP contribution is -2.36. The second-order valence-electron chi connectivity index (χ2n) is 14.9. The average molecular weight is 655 g/mol. The molecule has 4 heterocycles. The van der Waals surface area contributed by atoms with Gasteiger partial charge >= 0.3 is 0 Å². The summed E-state index contributed by atoms with van der Waals surface area (Å²) in [6.45, 7) is 1.57. The molecule has 2 saturated carbocycles. The van der Waals surface area contributed by atoms with Gasteiger partial charge in [-0.05, 0) is 98.9 Å². The molecule has 0 radical (unpaired) electrons. The predicted molar refractivity (Wildman–Crippen MR) is 193 cm³/mol. The van der Waals surface area contributed by atoms with Crippen LogP contribution in [0.15, 0.2) is 84.9 Å². The fraction of sp³-hybridized carbons (Fsp3) is 0.366. The number of hydrogen-bond acceptors (Lipinski definition) is 4. The van der Waals surface area contributed by atoms with Crippen LogP contribution in [0, 0.1) is 11.8 Å². The van der Waals surface area contributed by atoms with E-state index in [-0.39, 0.29) is 36.1 Å². The molecule has 0 spiro atoms. The number of aliphatic hydroxyl groups excluding tert-OH is 2. The van der Waals surface area contributed by atoms with Gasteiger partial charge in [-0.2, -0.15) is 0 Å². The number of H-pyrrole nitrogens is 1. The largest absolute Gasteiger partial charge is 0.393 e. The van der Waals surface area contributed by atoms with Crippen molar-refractivity contribution in [1.82, 2.24) is 19.4 Å². The van der Waals surface area contributed by atoms with Crippen molar-refractivity contribution in [3.63, 3.8) is 0 Å². The molecule has 6 atom stereocenters. The maximum atomic E-state index is 13.1. The summed E-state index contributed by atoms with van der Waals surface area (Å²) in [5.41, 5.74) is 5.98. The van der Waals surface area contributed by atoms with E-state index in [1.807, 2.05) is 64.4 Å². The van der Waals surface area contributed by atoms with E-state index in [1.54, 1.807) is 0 Å². The minimum Gasteiger partial charge on any atom is -0.393 e. The first kappa shape index (κ1) is 30.4. The Morgan fingerprint density at radius 3 is 1.80 bits per heavy atom. The van der Waals surface area contributed by atoms with Crippen molar-refractivity contribution in [3.8, 4) is 0 Å². The second-order valence-corrected chi connectivity index (χ2v) is 14.9. The normalized spacial score (nSPS) is 26.1. The Hall–Kier alpha value is -4.66. The van der Waals surface area contributed by atoms with Crippen LogP contribution in [-0.2, 0) is 7.05 Å². The van der Waals surface area contributed by atoms with Gasteiger partial charge in [0.25, 0.3) is 11.8 Å². The van der Waals surface area contributed by atoms with E-state index in [1.165, 1.54) is 10.9 Å². The van der Waals surface area contributed by atoms with E-state index in [0.29, 0.717) is 11.8 Å². The van der Waals surface area contributed by atoms with Crippen LogP contribution < -0.4 is 0 Å². The van der Waals surface area contributed by atoms with Gasteiger partial charge in [-0.15, -0.1) is 0 Å². The molecule has 8 nitrogen and oxygen atoms in total.